The van der Waals surface area contributed by atoms with Gasteiger partial charge in [-0.3, -0.25) is 9.59 Å². The molecule has 0 radical (unpaired) electrons. The van der Waals surface area contributed by atoms with Crippen LogP contribution in [-0.2, 0) is 4.79 Å². The average molecular weight is 392 g/mol. The van der Waals surface area contributed by atoms with Crippen molar-refractivity contribution in [3.8, 4) is 5.75 Å². The van der Waals surface area contributed by atoms with Gasteiger partial charge in [0, 0.05) is 6.54 Å². The molecule has 1 aromatic carbocycles. The van der Waals surface area contributed by atoms with E-state index in [1.165, 1.54) is 23.5 Å². The Morgan fingerprint density at radius 2 is 1.89 bits per heavy atom. The van der Waals surface area contributed by atoms with Crippen LogP contribution in [0.2, 0.25) is 0 Å². The minimum Gasteiger partial charge on any atom is -0.494 e. The molecule has 0 spiro atoms. The zero-order valence-corrected chi connectivity index (χ0v) is 16.4. The Kier molecular flexibility index (Phi) is 8.26. The lowest BCUT2D eigenvalue weighted by atomic mass is 10.0. The Labute approximate surface area is 162 Å². The number of hydrogen-bond donors (Lipinski definition) is 2. The highest BCUT2D eigenvalue weighted by molar-refractivity contribution is 7.12. The molecule has 0 aliphatic heterocycles. The number of benzene rings is 1. The van der Waals surface area contributed by atoms with E-state index < -0.39 is 6.04 Å². The van der Waals surface area contributed by atoms with Crippen LogP contribution in [0.5, 0.6) is 5.75 Å². The highest BCUT2D eigenvalue weighted by atomic mass is 32.1. The number of hydrogen-bond acceptors (Lipinski definition) is 4. The van der Waals surface area contributed by atoms with Gasteiger partial charge in [0.25, 0.3) is 5.91 Å². The summed E-state index contributed by atoms with van der Waals surface area (Å²) in [6.07, 6.45) is 1.50. The molecule has 1 unspecified atom stereocenters. The number of amides is 2. The van der Waals surface area contributed by atoms with E-state index in [0.717, 1.165) is 12.8 Å². The quantitative estimate of drug-likeness (QED) is 0.607. The summed E-state index contributed by atoms with van der Waals surface area (Å²) < 4.78 is 18.3. The smallest absolute Gasteiger partial charge is 0.262 e. The van der Waals surface area contributed by atoms with Gasteiger partial charge >= 0.3 is 0 Å². The predicted octanol–water partition coefficient (Wildman–Crippen LogP) is 3.62. The monoisotopic (exact) mass is 392 g/mol. The zero-order valence-electron chi connectivity index (χ0n) is 15.5. The lowest BCUT2D eigenvalue weighted by Crippen LogP contribution is -2.49. The van der Waals surface area contributed by atoms with E-state index in [9.17, 15) is 14.0 Å². The Balaban J connectivity index is 1.67. The fraction of sp³-hybridized carbons (Fsp3) is 0.400. The fourth-order valence-corrected chi connectivity index (χ4v) is 3.05. The summed E-state index contributed by atoms with van der Waals surface area (Å²) in [6, 6.07) is 8.84. The van der Waals surface area contributed by atoms with E-state index in [2.05, 4.69) is 10.6 Å². The summed E-state index contributed by atoms with van der Waals surface area (Å²) in [5.74, 6) is -0.107. The van der Waals surface area contributed by atoms with Crippen molar-refractivity contribution < 1.29 is 18.7 Å². The molecule has 146 valence electrons. The van der Waals surface area contributed by atoms with Crippen LogP contribution in [0.3, 0.4) is 0 Å². The molecule has 7 heteroatoms. The maximum Gasteiger partial charge on any atom is 0.262 e. The van der Waals surface area contributed by atoms with Gasteiger partial charge in [0.15, 0.2) is 0 Å². The van der Waals surface area contributed by atoms with Crippen molar-refractivity contribution in [2.75, 3.05) is 13.2 Å². The first kappa shape index (κ1) is 20.9. The van der Waals surface area contributed by atoms with Crippen LogP contribution < -0.4 is 15.4 Å². The van der Waals surface area contributed by atoms with Crippen LogP contribution in [0, 0.1) is 11.7 Å². The van der Waals surface area contributed by atoms with Crippen LogP contribution in [0.4, 0.5) is 4.39 Å². The van der Waals surface area contributed by atoms with Crippen molar-refractivity contribution in [1.29, 1.82) is 0 Å². The molecule has 1 aromatic heterocycles. The molecule has 0 aliphatic carbocycles. The number of ether oxygens (including phenoxy) is 1. The average Bonchev–Trinajstić information content (AvgIpc) is 3.18. The van der Waals surface area contributed by atoms with E-state index >= 15 is 0 Å². The molecular weight excluding hydrogens is 367 g/mol. The first-order valence-electron chi connectivity index (χ1n) is 8.98. The summed E-state index contributed by atoms with van der Waals surface area (Å²) in [6.45, 7) is 4.79. The molecule has 2 rings (SSSR count). The molecular formula is C20H25FN2O3S. The van der Waals surface area contributed by atoms with Gasteiger partial charge in [-0.2, -0.15) is 0 Å². The maximum absolute atomic E-state index is 12.8. The van der Waals surface area contributed by atoms with Crippen LogP contribution in [0.15, 0.2) is 41.8 Å². The van der Waals surface area contributed by atoms with Gasteiger partial charge in [-0.15, -0.1) is 11.3 Å². The van der Waals surface area contributed by atoms with Crippen LogP contribution >= 0.6 is 11.3 Å². The normalized spacial score (nSPS) is 11.9. The van der Waals surface area contributed by atoms with E-state index in [-0.39, 0.29) is 23.5 Å². The first-order chi connectivity index (χ1) is 13.0. The third kappa shape index (κ3) is 7.02. The number of nitrogens with one attached hydrogen (secondary N) is 2. The van der Waals surface area contributed by atoms with Gasteiger partial charge in [-0.1, -0.05) is 19.9 Å². The van der Waals surface area contributed by atoms with Crippen LogP contribution in [0.1, 0.15) is 36.4 Å². The van der Waals surface area contributed by atoms with Gasteiger partial charge < -0.3 is 15.4 Å². The van der Waals surface area contributed by atoms with Gasteiger partial charge in [-0.25, -0.2) is 4.39 Å². The molecule has 1 heterocycles. The highest BCUT2D eigenvalue weighted by Crippen LogP contribution is 2.12. The molecule has 27 heavy (non-hydrogen) atoms. The topological polar surface area (TPSA) is 67.4 Å². The SMILES string of the molecule is CC(C)C(NC(=O)c1cccs1)C(=O)NCCCCOc1ccc(F)cc1. The second-order valence-corrected chi connectivity index (χ2v) is 7.42. The lowest BCUT2D eigenvalue weighted by molar-refractivity contribution is -0.123. The number of thiophene rings is 1. The van der Waals surface area contributed by atoms with Crippen molar-refractivity contribution in [3.05, 3.63) is 52.5 Å². The molecule has 0 saturated heterocycles. The number of carbonyl (C=O) groups excluding carboxylic acids is 2. The first-order valence-corrected chi connectivity index (χ1v) is 9.86. The molecule has 2 amide bonds. The second kappa shape index (κ2) is 10.7. The summed E-state index contributed by atoms with van der Waals surface area (Å²) in [7, 11) is 0. The Morgan fingerprint density at radius 3 is 2.52 bits per heavy atom. The Hall–Kier alpha value is -2.41. The summed E-state index contributed by atoms with van der Waals surface area (Å²) in [4.78, 5) is 25.2. The molecule has 0 saturated carbocycles. The molecule has 0 bridgehead atoms. The molecule has 2 N–H and O–H groups in total. The van der Waals surface area contributed by atoms with E-state index in [4.69, 9.17) is 4.74 Å². The van der Waals surface area contributed by atoms with Crippen LogP contribution in [0.25, 0.3) is 0 Å². The van der Waals surface area contributed by atoms with Crippen molar-refractivity contribution in [2.45, 2.75) is 32.7 Å². The molecule has 2 aromatic rings. The third-order valence-corrected chi connectivity index (χ3v) is 4.80. The van der Waals surface area contributed by atoms with Crippen molar-refractivity contribution >= 4 is 23.2 Å². The van der Waals surface area contributed by atoms with Gasteiger partial charge in [0.1, 0.15) is 17.6 Å². The van der Waals surface area contributed by atoms with Crippen molar-refractivity contribution in [2.24, 2.45) is 5.92 Å². The number of carbonyl (C=O) groups is 2. The predicted molar refractivity (Wildman–Crippen MR) is 105 cm³/mol. The number of unbranched alkanes of at least 4 members (excludes halogenated alkanes) is 1. The summed E-state index contributed by atoms with van der Waals surface area (Å²) >= 11 is 1.34. The third-order valence-electron chi connectivity index (χ3n) is 3.93. The van der Waals surface area contributed by atoms with Crippen molar-refractivity contribution in [3.63, 3.8) is 0 Å². The van der Waals surface area contributed by atoms with Gasteiger partial charge in [0.2, 0.25) is 5.91 Å². The summed E-state index contributed by atoms with van der Waals surface area (Å²) in [5, 5.41) is 7.49. The fourth-order valence-electron chi connectivity index (χ4n) is 2.42. The minimum atomic E-state index is -0.574. The van der Waals surface area contributed by atoms with E-state index in [1.807, 2.05) is 19.2 Å². The Bertz CT molecular complexity index is 717. The van der Waals surface area contributed by atoms with Crippen LogP contribution in [-0.4, -0.2) is 31.0 Å². The van der Waals surface area contributed by atoms with Gasteiger partial charge in [0.05, 0.1) is 11.5 Å². The summed E-state index contributed by atoms with van der Waals surface area (Å²) in [5.41, 5.74) is 0. The molecule has 1 atom stereocenters. The van der Waals surface area contributed by atoms with E-state index in [1.54, 1.807) is 24.3 Å². The largest absolute Gasteiger partial charge is 0.494 e. The maximum atomic E-state index is 12.8. The minimum absolute atomic E-state index is 0.0179. The van der Waals surface area contributed by atoms with E-state index in [0.29, 0.717) is 23.8 Å². The second-order valence-electron chi connectivity index (χ2n) is 6.47. The Morgan fingerprint density at radius 1 is 1.15 bits per heavy atom. The lowest BCUT2D eigenvalue weighted by Gasteiger charge is -2.21. The number of halogens is 1. The molecule has 5 nitrogen and oxygen atoms in total. The standard InChI is InChI=1S/C20H25FN2O3S/c1-14(2)18(23-19(24)17-6-5-13-27-17)20(25)22-11-3-4-12-26-16-9-7-15(21)8-10-16/h5-10,13-14,18H,3-4,11-12H2,1-2H3,(H,22,25)(H,23,24). The van der Waals surface area contributed by atoms with Crippen molar-refractivity contribution in [1.82, 2.24) is 10.6 Å². The zero-order chi connectivity index (χ0) is 19.6. The molecule has 0 fully saturated rings. The number of rotatable bonds is 10. The molecule has 0 aliphatic rings. The highest BCUT2D eigenvalue weighted by Gasteiger charge is 2.24. The van der Waals surface area contributed by atoms with Gasteiger partial charge in [-0.05, 0) is 54.5 Å².